The SMILES string of the molecule is CN=C(NCCCc1ccc(Br)cc1F)NC1CCN(C2CCCC2)CC1. The molecule has 1 heterocycles. The monoisotopic (exact) mass is 438 g/mol. The average Bonchev–Trinajstić information content (AvgIpc) is 3.21. The van der Waals surface area contributed by atoms with Crippen LogP contribution in [0.4, 0.5) is 4.39 Å². The second-order valence-corrected chi connectivity index (χ2v) is 8.65. The maximum absolute atomic E-state index is 13.9. The maximum atomic E-state index is 13.9. The first-order valence-electron chi connectivity index (χ1n) is 10.3. The minimum atomic E-state index is -0.138. The molecule has 0 aromatic heterocycles. The fraction of sp³-hybridized carbons (Fsp3) is 0.667. The van der Waals surface area contributed by atoms with Crippen LogP contribution in [0.2, 0.25) is 0 Å². The van der Waals surface area contributed by atoms with Crippen molar-refractivity contribution < 1.29 is 4.39 Å². The Morgan fingerprint density at radius 2 is 1.96 bits per heavy atom. The molecule has 0 spiro atoms. The third-order valence-corrected chi connectivity index (χ3v) is 6.36. The van der Waals surface area contributed by atoms with E-state index in [0.717, 1.165) is 41.4 Å². The van der Waals surface area contributed by atoms with Gasteiger partial charge in [0.1, 0.15) is 5.82 Å². The Labute approximate surface area is 171 Å². The highest BCUT2D eigenvalue weighted by Gasteiger charge is 2.27. The van der Waals surface area contributed by atoms with Crippen molar-refractivity contribution in [3.63, 3.8) is 0 Å². The van der Waals surface area contributed by atoms with Gasteiger partial charge in [-0.1, -0.05) is 34.8 Å². The van der Waals surface area contributed by atoms with Gasteiger partial charge >= 0.3 is 0 Å². The summed E-state index contributed by atoms with van der Waals surface area (Å²) in [7, 11) is 1.82. The molecule has 3 rings (SSSR count). The zero-order valence-corrected chi connectivity index (χ0v) is 17.9. The number of nitrogens with one attached hydrogen (secondary N) is 2. The highest BCUT2D eigenvalue weighted by atomic mass is 79.9. The number of aryl methyl sites for hydroxylation is 1. The van der Waals surface area contributed by atoms with Gasteiger partial charge in [-0.2, -0.15) is 0 Å². The first-order valence-corrected chi connectivity index (χ1v) is 11.1. The molecule has 6 heteroatoms. The summed E-state index contributed by atoms with van der Waals surface area (Å²) in [6.07, 6.45) is 9.55. The number of nitrogens with zero attached hydrogens (tertiary/aromatic N) is 2. The van der Waals surface area contributed by atoms with Crippen LogP contribution in [0.15, 0.2) is 27.7 Å². The van der Waals surface area contributed by atoms with E-state index in [4.69, 9.17) is 0 Å². The van der Waals surface area contributed by atoms with E-state index in [1.165, 1.54) is 57.7 Å². The van der Waals surface area contributed by atoms with Crippen LogP contribution in [0.1, 0.15) is 50.5 Å². The van der Waals surface area contributed by atoms with Crippen LogP contribution in [0.25, 0.3) is 0 Å². The number of rotatable bonds is 6. The third kappa shape index (κ3) is 6.18. The van der Waals surface area contributed by atoms with Gasteiger partial charge in [0.2, 0.25) is 0 Å². The average molecular weight is 439 g/mol. The van der Waals surface area contributed by atoms with E-state index in [0.29, 0.717) is 6.04 Å². The molecule has 0 bridgehead atoms. The Morgan fingerprint density at radius 3 is 2.63 bits per heavy atom. The van der Waals surface area contributed by atoms with Gasteiger partial charge in [-0.3, -0.25) is 4.99 Å². The van der Waals surface area contributed by atoms with Gasteiger partial charge in [0, 0.05) is 43.2 Å². The van der Waals surface area contributed by atoms with Crippen molar-refractivity contribution >= 4 is 21.9 Å². The molecule has 2 N–H and O–H groups in total. The Hall–Kier alpha value is -1.14. The first kappa shape index (κ1) is 20.6. The van der Waals surface area contributed by atoms with Gasteiger partial charge < -0.3 is 15.5 Å². The minimum absolute atomic E-state index is 0.138. The molecule has 1 aliphatic heterocycles. The van der Waals surface area contributed by atoms with Crippen LogP contribution < -0.4 is 10.6 Å². The van der Waals surface area contributed by atoms with E-state index < -0.39 is 0 Å². The smallest absolute Gasteiger partial charge is 0.191 e. The molecule has 1 saturated heterocycles. The molecule has 0 radical (unpaired) electrons. The first-order chi connectivity index (χ1) is 13.2. The Bertz CT molecular complexity index is 623. The Morgan fingerprint density at radius 1 is 1.22 bits per heavy atom. The van der Waals surface area contributed by atoms with Gasteiger partial charge in [-0.25, -0.2) is 4.39 Å². The number of hydrogen-bond donors (Lipinski definition) is 2. The Balaban J connectivity index is 1.34. The van der Waals surface area contributed by atoms with Gasteiger partial charge in [0.05, 0.1) is 0 Å². The Kier molecular flexibility index (Phi) is 7.94. The molecule has 0 amide bonds. The predicted octanol–water partition coefficient (Wildman–Crippen LogP) is 4.09. The van der Waals surface area contributed by atoms with Crippen LogP contribution in [0, 0.1) is 5.82 Å². The summed E-state index contributed by atoms with van der Waals surface area (Å²) in [4.78, 5) is 7.04. The largest absolute Gasteiger partial charge is 0.356 e. The molecule has 1 aliphatic carbocycles. The summed E-state index contributed by atoms with van der Waals surface area (Å²) in [6, 6.07) is 6.61. The molecule has 0 atom stereocenters. The second-order valence-electron chi connectivity index (χ2n) is 7.73. The molecule has 2 fully saturated rings. The van der Waals surface area contributed by atoms with Crippen molar-refractivity contribution in [3.05, 3.63) is 34.1 Å². The molecule has 1 saturated carbocycles. The lowest BCUT2D eigenvalue weighted by Crippen LogP contribution is -2.50. The molecular weight excluding hydrogens is 407 g/mol. The zero-order chi connectivity index (χ0) is 19.1. The van der Waals surface area contributed by atoms with Crippen LogP contribution in [0.5, 0.6) is 0 Å². The van der Waals surface area contributed by atoms with Gasteiger partial charge in [-0.05, 0) is 56.2 Å². The van der Waals surface area contributed by atoms with Gasteiger partial charge in [0.15, 0.2) is 5.96 Å². The van der Waals surface area contributed by atoms with E-state index >= 15 is 0 Å². The van der Waals surface area contributed by atoms with E-state index in [-0.39, 0.29) is 5.82 Å². The molecule has 2 aliphatic rings. The molecule has 150 valence electrons. The number of likely N-dealkylation sites (tertiary alicyclic amines) is 1. The summed E-state index contributed by atoms with van der Waals surface area (Å²) >= 11 is 3.30. The lowest BCUT2D eigenvalue weighted by molar-refractivity contribution is 0.150. The van der Waals surface area contributed by atoms with E-state index in [1.54, 1.807) is 0 Å². The van der Waals surface area contributed by atoms with Crippen molar-refractivity contribution in [1.29, 1.82) is 0 Å². The number of aliphatic imine (C=N–C) groups is 1. The molecule has 27 heavy (non-hydrogen) atoms. The predicted molar refractivity (Wildman–Crippen MR) is 114 cm³/mol. The number of piperidine rings is 1. The van der Waals surface area contributed by atoms with Crippen molar-refractivity contribution in [2.45, 2.75) is 63.5 Å². The molecule has 1 aromatic rings. The van der Waals surface area contributed by atoms with Crippen LogP contribution in [0.3, 0.4) is 0 Å². The molecule has 4 nitrogen and oxygen atoms in total. The standard InChI is InChI=1S/C21H32BrFN4/c1-24-21(25-12-4-5-16-8-9-17(22)15-20(16)23)26-18-10-13-27(14-11-18)19-6-2-3-7-19/h8-9,15,18-19H,2-7,10-14H2,1H3,(H2,24,25,26). The zero-order valence-electron chi connectivity index (χ0n) is 16.3. The maximum Gasteiger partial charge on any atom is 0.191 e. The van der Waals surface area contributed by atoms with E-state index in [1.807, 2.05) is 19.2 Å². The lowest BCUT2D eigenvalue weighted by atomic mass is 10.0. The van der Waals surface area contributed by atoms with Crippen molar-refractivity contribution in [2.24, 2.45) is 4.99 Å². The highest BCUT2D eigenvalue weighted by Crippen LogP contribution is 2.26. The summed E-state index contributed by atoms with van der Waals surface area (Å²) in [5, 5.41) is 6.94. The molecule has 0 unspecified atom stereocenters. The number of halogens is 2. The normalized spacial score (nSPS) is 20.2. The van der Waals surface area contributed by atoms with Crippen molar-refractivity contribution in [1.82, 2.24) is 15.5 Å². The van der Waals surface area contributed by atoms with Crippen molar-refractivity contribution in [3.8, 4) is 0 Å². The van der Waals surface area contributed by atoms with E-state index in [9.17, 15) is 4.39 Å². The number of hydrogen-bond acceptors (Lipinski definition) is 2. The minimum Gasteiger partial charge on any atom is -0.356 e. The quantitative estimate of drug-likeness (QED) is 0.399. The summed E-state index contributed by atoms with van der Waals surface area (Å²) < 4.78 is 14.6. The van der Waals surface area contributed by atoms with Crippen LogP contribution in [-0.4, -0.2) is 49.6 Å². The van der Waals surface area contributed by atoms with Crippen LogP contribution in [-0.2, 0) is 6.42 Å². The second kappa shape index (κ2) is 10.4. The third-order valence-electron chi connectivity index (χ3n) is 5.87. The lowest BCUT2D eigenvalue weighted by Gasteiger charge is -2.36. The van der Waals surface area contributed by atoms with Gasteiger partial charge in [0.25, 0.3) is 0 Å². The van der Waals surface area contributed by atoms with Crippen molar-refractivity contribution in [2.75, 3.05) is 26.7 Å². The number of benzene rings is 1. The summed E-state index contributed by atoms with van der Waals surface area (Å²) in [5.41, 5.74) is 0.766. The van der Waals surface area contributed by atoms with Crippen LogP contribution >= 0.6 is 15.9 Å². The fourth-order valence-electron chi connectivity index (χ4n) is 4.28. The highest BCUT2D eigenvalue weighted by molar-refractivity contribution is 9.10. The number of guanidine groups is 1. The van der Waals surface area contributed by atoms with Gasteiger partial charge in [-0.15, -0.1) is 0 Å². The topological polar surface area (TPSA) is 39.7 Å². The summed E-state index contributed by atoms with van der Waals surface area (Å²) in [5.74, 6) is 0.728. The van der Waals surface area contributed by atoms with E-state index in [2.05, 4.69) is 36.5 Å². The summed E-state index contributed by atoms with van der Waals surface area (Å²) in [6.45, 7) is 3.18. The molecular formula is C21H32BrFN4. The fourth-order valence-corrected chi connectivity index (χ4v) is 4.61. The molecule has 1 aromatic carbocycles.